The van der Waals surface area contributed by atoms with E-state index in [1.54, 1.807) is 15.6 Å². The Morgan fingerprint density at radius 2 is 0.733 bits per heavy atom. The maximum atomic E-state index is 2.89. The van der Waals surface area contributed by atoms with Crippen LogP contribution in [0.3, 0.4) is 0 Å². The molecule has 3 rings (SSSR count). The van der Waals surface area contributed by atoms with Gasteiger partial charge in [-0.2, -0.15) is 0 Å². The first-order valence-corrected chi connectivity index (χ1v) is 27.5. The third-order valence-corrected chi connectivity index (χ3v) is 57.7. The number of benzene rings is 3. The summed E-state index contributed by atoms with van der Waals surface area (Å²) in [6.45, 7) is 16.2. The van der Waals surface area contributed by atoms with Crippen LogP contribution < -0.4 is 15.6 Å². The molecule has 158 valence electrons. The molecular weight excluding hydrogens is 639 g/mol. The van der Waals surface area contributed by atoms with Crippen molar-refractivity contribution < 1.29 is 0 Å². The van der Waals surface area contributed by atoms with Crippen LogP contribution in [0.15, 0.2) is 91.0 Å². The first kappa shape index (κ1) is 24.5. The van der Waals surface area contributed by atoms with Crippen LogP contribution >= 0.6 is 18.7 Å². The van der Waals surface area contributed by atoms with Crippen molar-refractivity contribution in [1.82, 2.24) is 0 Å². The van der Waals surface area contributed by atoms with Crippen molar-refractivity contribution in [3.05, 3.63) is 91.0 Å². The molecule has 0 unspecified atom stereocenters. The van der Waals surface area contributed by atoms with E-state index >= 15 is 0 Å². The van der Waals surface area contributed by atoms with Crippen LogP contribution in [0.5, 0.6) is 0 Å². The fourth-order valence-electron chi connectivity index (χ4n) is 5.81. The Balaban J connectivity index is 2.39. The Labute approximate surface area is 206 Å². The Bertz CT molecular complexity index is 832. The first-order chi connectivity index (χ1) is 14.1. The van der Waals surface area contributed by atoms with Crippen LogP contribution in [-0.2, 0) is 0 Å². The Hall–Kier alpha value is -0.170. The minimum absolute atomic E-state index is 0.266. The summed E-state index contributed by atoms with van der Waals surface area (Å²) >= 11 is 2.63. The van der Waals surface area contributed by atoms with Crippen LogP contribution in [0, 0.1) is 0 Å². The van der Waals surface area contributed by atoms with Crippen LogP contribution in [0.4, 0.5) is 0 Å². The number of hydrogen-bond donors (Lipinski definition) is 0. The molecule has 0 spiro atoms. The van der Waals surface area contributed by atoms with Crippen molar-refractivity contribution in [2.45, 2.75) is 41.6 Å². The van der Waals surface area contributed by atoms with E-state index in [0.29, 0.717) is 2.33 Å². The van der Waals surface area contributed by atoms with Gasteiger partial charge in [-0.15, -0.1) is 0 Å². The van der Waals surface area contributed by atoms with Gasteiger partial charge < -0.3 is 0 Å². The van der Waals surface area contributed by atoms with Gasteiger partial charge in [0.2, 0.25) is 0 Å². The zero-order valence-corrected chi connectivity index (χ0v) is 26.4. The average Bonchev–Trinajstić information content (AvgIpc) is 2.76. The Kier molecular flexibility index (Phi) is 7.64. The van der Waals surface area contributed by atoms with E-state index in [9.17, 15) is 0 Å². The summed E-state index contributed by atoms with van der Waals surface area (Å²) < 4.78 is 0.475. The SMILES string of the molecule is C[Si](C)(c1ccccc1)C([Te]I)([Si](C)(C)c1ccccc1)[Si](C)(C)c1ccccc1. The Morgan fingerprint density at radius 3 is 0.933 bits per heavy atom. The molecule has 0 atom stereocenters. The molecule has 0 radical (unpaired) electrons. The van der Waals surface area contributed by atoms with Gasteiger partial charge >= 0.3 is 208 Å². The van der Waals surface area contributed by atoms with Gasteiger partial charge in [0.25, 0.3) is 0 Å². The van der Waals surface area contributed by atoms with Gasteiger partial charge in [0.1, 0.15) is 0 Å². The monoisotopic (exact) mass is 674 g/mol. The zero-order valence-electron chi connectivity index (χ0n) is 18.9. The average molecular weight is 672 g/mol. The van der Waals surface area contributed by atoms with E-state index in [1.165, 1.54) is 0 Å². The quantitative estimate of drug-likeness (QED) is 0.225. The van der Waals surface area contributed by atoms with E-state index in [4.69, 9.17) is 0 Å². The summed E-state index contributed by atoms with van der Waals surface area (Å²) in [5, 5.41) is 4.92. The van der Waals surface area contributed by atoms with Crippen LogP contribution in [0.2, 0.25) is 41.6 Å². The first-order valence-electron chi connectivity index (χ1n) is 10.6. The van der Waals surface area contributed by atoms with Crippen molar-refractivity contribution >= 4 is 75.5 Å². The summed E-state index contributed by atoms with van der Waals surface area (Å²) in [6, 6.07) is 34.7. The minimum atomic E-state index is -1.82. The fraction of sp³-hybridized carbons (Fsp3) is 0.280. The number of halogens is 1. The van der Waals surface area contributed by atoms with Crippen molar-refractivity contribution in [1.29, 1.82) is 0 Å². The van der Waals surface area contributed by atoms with Gasteiger partial charge in [0, 0.05) is 0 Å². The summed E-state index contributed by atoms with van der Waals surface area (Å²) in [5.74, 6) is 0. The van der Waals surface area contributed by atoms with Gasteiger partial charge in [0.05, 0.1) is 0 Å². The number of hydrogen-bond acceptors (Lipinski definition) is 0. The molecule has 0 bridgehead atoms. The predicted molar refractivity (Wildman–Crippen MR) is 153 cm³/mol. The zero-order chi connectivity index (χ0) is 22.0. The molecule has 0 N–H and O–H groups in total. The number of rotatable bonds is 7. The third kappa shape index (κ3) is 3.88. The summed E-state index contributed by atoms with van der Waals surface area (Å²) in [5.41, 5.74) is 0. The molecule has 0 saturated carbocycles. The second kappa shape index (κ2) is 9.36. The van der Waals surface area contributed by atoms with E-state index in [-0.39, 0.29) is 17.0 Å². The van der Waals surface area contributed by atoms with E-state index < -0.39 is 24.2 Å². The molecule has 0 nitrogen and oxygen atoms in total. The Morgan fingerprint density at radius 1 is 0.500 bits per heavy atom. The van der Waals surface area contributed by atoms with Crippen LogP contribution in [-0.4, -0.2) is 41.2 Å². The van der Waals surface area contributed by atoms with E-state index in [2.05, 4.69) is 149 Å². The van der Waals surface area contributed by atoms with Crippen LogP contribution in [0.1, 0.15) is 0 Å². The predicted octanol–water partition coefficient (Wildman–Crippen LogP) is 5.66. The summed E-state index contributed by atoms with van der Waals surface area (Å²) in [6.07, 6.45) is 0. The topological polar surface area (TPSA) is 0 Å². The van der Waals surface area contributed by atoms with E-state index in [0.717, 1.165) is 0 Å². The molecule has 0 aliphatic carbocycles. The van der Waals surface area contributed by atoms with Gasteiger partial charge in [0.15, 0.2) is 0 Å². The molecule has 3 aromatic carbocycles. The van der Waals surface area contributed by atoms with Crippen molar-refractivity contribution in [3.8, 4) is 0 Å². The molecule has 0 amide bonds. The second-order valence-electron chi connectivity index (χ2n) is 9.73. The normalized spacial score (nSPS) is 13.3. The van der Waals surface area contributed by atoms with Gasteiger partial charge in [-0.1, -0.05) is 0 Å². The summed E-state index contributed by atoms with van der Waals surface area (Å²) in [7, 11) is -5.47. The molecule has 3 aromatic rings. The van der Waals surface area contributed by atoms with Crippen molar-refractivity contribution in [2.75, 3.05) is 0 Å². The van der Waals surface area contributed by atoms with Gasteiger partial charge in [-0.25, -0.2) is 0 Å². The second-order valence-corrected chi connectivity index (χ2v) is 33.5. The summed E-state index contributed by atoms with van der Waals surface area (Å²) in [4.78, 5) is 0. The standard InChI is InChI=1S/C25H33ISi3Te/c1-27(2,22-16-10-7-11-17-22)25(30-26,28(3,4)23-18-12-8-13-19-23)29(5,6)24-20-14-9-15-21-24/h7-21H,1-6H3. The molecule has 0 aliphatic rings. The van der Waals surface area contributed by atoms with Crippen molar-refractivity contribution in [2.24, 2.45) is 0 Å². The molecule has 0 fully saturated rings. The third-order valence-electron chi connectivity index (χ3n) is 7.24. The molecule has 0 heterocycles. The molecule has 0 aromatic heterocycles. The van der Waals surface area contributed by atoms with Crippen LogP contribution in [0.25, 0.3) is 0 Å². The van der Waals surface area contributed by atoms with Gasteiger partial charge in [-0.3, -0.25) is 0 Å². The molecule has 5 heteroatoms. The van der Waals surface area contributed by atoms with Crippen molar-refractivity contribution in [3.63, 3.8) is 0 Å². The molecule has 0 aliphatic heterocycles. The fourth-order valence-corrected chi connectivity index (χ4v) is 73.2. The maximum absolute atomic E-state index is 2.89. The molecule has 0 saturated heterocycles. The van der Waals surface area contributed by atoms with E-state index in [1.807, 2.05) is 0 Å². The van der Waals surface area contributed by atoms with Gasteiger partial charge in [-0.05, 0) is 0 Å². The molecule has 30 heavy (non-hydrogen) atoms. The molecular formula is C25H33ISi3Te.